The van der Waals surface area contributed by atoms with Gasteiger partial charge in [0, 0.05) is 12.5 Å². The number of alkyl halides is 1. The van der Waals surface area contributed by atoms with Crippen molar-refractivity contribution >= 4 is 70.0 Å². The van der Waals surface area contributed by atoms with Gasteiger partial charge in [0.2, 0.25) is 0 Å². The molecule has 18 nitrogen and oxygen atoms in total. The van der Waals surface area contributed by atoms with Crippen LogP contribution in [-0.4, -0.2) is 158 Å². The Bertz CT molecular complexity index is 2280. The minimum atomic E-state index is -2.40. The molecule has 0 spiro atoms. The summed E-state index contributed by atoms with van der Waals surface area (Å²) in [6.45, 7) is 28.8. The summed E-state index contributed by atoms with van der Waals surface area (Å²) in [5.74, 6) is -3.15. The number of alkyl carbamates (subject to hydrolysis) is 2. The van der Waals surface area contributed by atoms with Crippen molar-refractivity contribution in [2.45, 2.75) is 159 Å². The summed E-state index contributed by atoms with van der Waals surface area (Å²) < 4.78 is 71.2. The standard InChI is InChI=1S/C25H36FNO10.C17H24NO4.C7H14ClFN2.3CH3.Sn/c1-23(2,3)35-20(29)27-16(19(28)32-10)11-14-12-17(33-21(30)36-24(4,5)6)18(13-15(14)26)34-22(31)37-25(7,8)9;1-11-7-8-13(9-12(11)2)10-14(15(19)21-6)18-16(20)22-17(3,4)5;8-7-10-1-4-11(9,5-2-10)6-3-10;;;;/h12-13,16H,11H2,1-10H3,(H,27,29);7,9,14H,10H2,1-6H3,(H,18,20);1-7H2;3*1H3;/q;;+2;;;;/t16-;14-;;;;;/m00...../s1. The average molecular weight is 1180 g/mol. The first-order valence-electron chi connectivity index (χ1n) is 24.5. The van der Waals surface area contributed by atoms with Crippen molar-refractivity contribution in [2.24, 2.45) is 0 Å². The number of quaternary nitrogens is 2. The van der Waals surface area contributed by atoms with Crippen molar-refractivity contribution in [3.05, 3.63) is 52.3 Å². The molecule has 2 amide bonds. The molecule has 5 rings (SSSR count). The summed E-state index contributed by atoms with van der Waals surface area (Å²) in [5, 5.41) is 5.00. The molecule has 0 aliphatic carbocycles. The number of ether oxygens (including phenoxy) is 8. The van der Waals surface area contributed by atoms with Gasteiger partial charge in [-0.25, -0.2) is 23.6 Å². The number of rotatable bonds is 12. The van der Waals surface area contributed by atoms with Crippen molar-refractivity contribution in [1.29, 1.82) is 0 Å². The number of piperazine rings is 3. The smallest absolute Gasteiger partial charge is 0.467 e. The predicted molar refractivity (Wildman–Crippen MR) is 278 cm³/mol. The molecule has 0 unspecified atom stereocenters. The van der Waals surface area contributed by atoms with E-state index in [4.69, 9.17) is 49.5 Å². The van der Waals surface area contributed by atoms with E-state index in [0.29, 0.717) is 32.1 Å². The number of methoxy groups -OCH3 is 2. The summed E-state index contributed by atoms with van der Waals surface area (Å²) in [6, 6.07) is 4.74. The number of amides is 2. The van der Waals surface area contributed by atoms with E-state index in [0.717, 1.165) is 48.9 Å². The molecule has 2 bridgehead atoms. The second-order valence-corrected chi connectivity index (χ2v) is 38.2. The first-order chi connectivity index (χ1) is 33.6. The number of benzene rings is 2. The second-order valence-electron chi connectivity index (χ2n) is 23.6. The van der Waals surface area contributed by atoms with Crippen molar-refractivity contribution in [2.75, 3.05) is 59.5 Å². The number of nitrogens with one attached hydrogen (secondary N) is 2. The van der Waals surface area contributed by atoms with E-state index in [-0.39, 0.29) is 10.3 Å². The van der Waals surface area contributed by atoms with Crippen LogP contribution in [0.1, 0.15) is 105 Å². The number of fused-ring (bicyclic) bond motifs is 3. The van der Waals surface area contributed by atoms with Crippen LogP contribution < -0.4 is 23.7 Å². The molecule has 0 aromatic heterocycles. The van der Waals surface area contributed by atoms with Gasteiger partial charge in [0.1, 0.15) is 48.3 Å². The zero-order chi connectivity index (χ0) is 57.0. The van der Waals surface area contributed by atoms with Crippen LogP contribution in [0.25, 0.3) is 0 Å². The maximum Gasteiger partial charge on any atom is 0.514 e. The van der Waals surface area contributed by atoms with Gasteiger partial charge in [-0.15, -0.1) is 4.71 Å². The molecular formula is C52H83ClF2N4O14Sn+2. The van der Waals surface area contributed by atoms with Crippen LogP contribution in [0.15, 0.2) is 24.3 Å². The summed E-state index contributed by atoms with van der Waals surface area (Å²) in [6.07, 6.45) is -3.90. The fraction of sp³-hybridized carbons (Fsp3) is 0.654. The van der Waals surface area contributed by atoms with Gasteiger partial charge in [0.25, 0.3) is 0 Å². The van der Waals surface area contributed by atoms with E-state index >= 15 is 4.39 Å². The Morgan fingerprint density at radius 1 is 0.595 bits per heavy atom. The van der Waals surface area contributed by atoms with E-state index in [1.807, 2.05) is 0 Å². The Morgan fingerprint density at radius 2 is 0.959 bits per heavy atom. The van der Waals surface area contributed by atoms with Gasteiger partial charge in [0.05, 0.1) is 7.11 Å². The molecule has 2 atom stereocenters. The fourth-order valence-corrected chi connectivity index (χ4v) is 12.9. The predicted octanol–water partition coefficient (Wildman–Crippen LogP) is 9.25. The van der Waals surface area contributed by atoms with Crippen molar-refractivity contribution in [1.82, 2.24) is 10.6 Å². The van der Waals surface area contributed by atoms with Gasteiger partial charge in [-0.3, -0.25) is 4.48 Å². The van der Waals surface area contributed by atoms with Crippen LogP contribution in [0.2, 0.25) is 14.8 Å². The van der Waals surface area contributed by atoms with Crippen LogP contribution in [0, 0.1) is 19.7 Å². The maximum absolute atomic E-state index is 15.1. The quantitative estimate of drug-likeness (QED) is 0.0298. The van der Waals surface area contributed by atoms with E-state index in [9.17, 15) is 33.2 Å². The normalized spacial score (nSPS) is 18.3. The molecule has 3 aliphatic rings. The molecule has 74 heavy (non-hydrogen) atoms. The number of esters is 2. The fourth-order valence-electron chi connectivity index (χ4n) is 7.39. The van der Waals surface area contributed by atoms with Crippen LogP contribution in [0.5, 0.6) is 11.5 Å². The van der Waals surface area contributed by atoms with Gasteiger partial charge < -0.3 is 33.7 Å². The second kappa shape index (κ2) is 26.4. The SMILES string of the molecule is COC(=O)[C@H](Cc1cc(C)c(C)c[c]1[Sn]([CH3])([CH3])[CH3])NC(=O)OC(C)(C)C.COC(=O)[C@H](Cc1cc(OC(=O)OC(C)(C)C)c(OC(=O)OC(C)(C)C)cc1F)NC(=O)OC(C)(C)C.F[N+]12CC[N+](CCl)(CC1)CC2. The minimum Gasteiger partial charge on any atom is -0.467 e. The Morgan fingerprint density at radius 3 is 1.31 bits per heavy atom. The van der Waals surface area contributed by atoms with Gasteiger partial charge in [-0.1, -0.05) is 11.6 Å². The van der Waals surface area contributed by atoms with Crippen molar-refractivity contribution in [3.8, 4) is 11.5 Å². The van der Waals surface area contributed by atoms with E-state index < -0.39 is 113 Å². The summed E-state index contributed by atoms with van der Waals surface area (Å²) in [4.78, 5) is 80.4. The minimum absolute atomic E-state index is 0.179. The summed E-state index contributed by atoms with van der Waals surface area (Å²) in [5.41, 5.74) is 0.0562. The van der Waals surface area contributed by atoms with Crippen molar-refractivity contribution in [3.63, 3.8) is 0 Å². The first kappa shape index (κ1) is 65.4. The van der Waals surface area contributed by atoms with Crippen LogP contribution >= 0.6 is 11.6 Å². The van der Waals surface area contributed by atoms with Gasteiger partial charge in [0.15, 0.2) is 37.1 Å². The Balaban J connectivity index is 0.000000433. The number of aryl methyl sites for hydroxylation is 2. The third kappa shape index (κ3) is 23.1. The molecule has 22 heteroatoms. The van der Waals surface area contributed by atoms with Crippen molar-refractivity contribution < 1.29 is 84.7 Å². The molecular weight excluding hydrogens is 1100 g/mol. The molecule has 3 fully saturated rings. The molecule has 3 heterocycles. The van der Waals surface area contributed by atoms with Gasteiger partial charge in [-0.2, -0.15) is 0 Å². The number of halogens is 3. The number of carbonyl (C=O) groups excluding carboxylic acids is 6. The molecule has 2 aromatic rings. The van der Waals surface area contributed by atoms with Gasteiger partial charge in [-0.05, 0) is 78.4 Å². The average Bonchev–Trinajstić information content (AvgIpc) is 3.23. The summed E-state index contributed by atoms with van der Waals surface area (Å²) >= 11 is 3.45. The van der Waals surface area contributed by atoms with E-state index in [2.05, 4.69) is 51.4 Å². The molecule has 0 radical (unpaired) electrons. The Kier molecular flexibility index (Phi) is 23.3. The Hall–Kier alpha value is -4.67. The molecule has 418 valence electrons. The van der Waals surface area contributed by atoms with Crippen LogP contribution in [0.3, 0.4) is 0 Å². The molecule has 2 N–H and O–H groups in total. The number of hydrogen-bond donors (Lipinski definition) is 2. The molecule has 2 aromatic carbocycles. The topological polar surface area (TPSA) is 200 Å². The van der Waals surface area contributed by atoms with E-state index in [1.54, 1.807) is 83.1 Å². The maximum atomic E-state index is 15.1. The molecule has 3 aliphatic heterocycles. The number of nitrogens with zero attached hydrogens (tertiary/aromatic N) is 2. The Labute approximate surface area is 445 Å². The third-order valence-electron chi connectivity index (χ3n) is 11.2. The van der Waals surface area contributed by atoms with E-state index in [1.165, 1.54) is 21.8 Å². The number of hydrogen-bond acceptors (Lipinski definition) is 14. The monoisotopic (exact) mass is 1180 g/mol. The number of carbonyl (C=O) groups is 6. The van der Waals surface area contributed by atoms with Crippen LogP contribution in [-0.2, 0) is 50.9 Å². The molecule has 0 saturated carbocycles. The first-order valence-corrected chi connectivity index (χ1v) is 35.0. The zero-order valence-corrected chi connectivity index (χ0v) is 50.7. The zero-order valence-electron chi connectivity index (χ0n) is 47.1. The van der Waals surface area contributed by atoms with Gasteiger partial charge >= 0.3 is 186 Å². The largest absolute Gasteiger partial charge is 0.514 e. The third-order valence-corrected chi connectivity index (χ3v) is 17.6. The summed E-state index contributed by atoms with van der Waals surface area (Å²) in [7, 11) is 2.42. The molecule has 3 saturated heterocycles. The van der Waals surface area contributed by atoms with Crippen LogP contribution in [0.4, 0.5) is 28.0 Å².